The third-order valence-electron chi connectivity index (χ3n) is 3.72. The van der Waals surface area contributed by atoms with Crippen LogP contribution < -0.4 is 0 Å². The minimum Gasteiger partial charge on any atom is -0.469 e. The third-order valence-corrected chi connectivity index (χ3v) is 3.72. The van der Waals surface area contributed by atoms with E-state index in [1.165, 1.54) is 58.5 Å². The molecule has 3 heteroatoms. The Morgan fingerprint density at radius 3 is 1.90 bits per heavy atom. The lowest BCUT2D eigenvalue weighted by Gasteiger charge is -2.19. The number of ether oxygens (including phenoxy) is 2. The van der Waals surface area contributed by atoms with E-state index in [2.05, 4.69) is 6.92 Å². The first-order chi connectivity index (χ1) is 10.1. The van der Waals surface area contributed by atoms with Crippen LogP contribution in [-0.4, -0.2) is 25.3 Å². The van der Waals surface area contributed by atoms with Crippen molar-refractivity contribution in [3.63, 3.8) is 0 Å². The second-order valence-electron chi connectivity index (χ2n) is 6.20. The van der Waals surface area contributed by atoms with Gasteiger partial charge in [-0.2, -0.15) is 0 Å². The Hall–Kier alpha value is -0.570. The molecule has 1 atom stereocenters. The molecule has 0 bridgehead atoms. The van der Waals surface area contributed by atoms with Crippen molar-refractivity contribution in [2.24, 2.45) is 0 Å². The van der Waals surface area contributed by atoms with E-state index in [4.69, 9.17) is 9.47 Å². The van der Waals surface area contributed by atoms with Crippen LogP contribution in [0.4, 0.5) is 0 Å². The summed E-state index contributed by atoms with van der Waals surface area (Å²) >= 11 is 0. The van der Waals surface area contributed by atoms with Crippen LogP contribution in [0.1, 0.15) is 91.4 Å². The number of hydrogen-bond acceptors (Lipinski definition) is 3. The van der Waals surface area contributed by atoms with E-state index in [0.29, 0.717) is 6.42 Å². The molecule has 0 aromatic rings. The van der Waals surface area contributed by atoms with Crippen molar-refractivity contribution in [1.82, 2.24) is 0 Å². The molecule has 0 radical (unpaired) electrons. The molecular weight excluding hydrogens is 264 g/mol. The number of hydrogen-bond donors (Lipinski definition) is 0. The predicted octanol–water partition coefficient (Wildman–Crippen LogP) is 5.26. The maximum absolute atomic E-state index is 11.4. The minimum absolute atomic E-state index is 0.0157. The van der Waals surface area contributed by atoms with E-state index in [1.807, 2.05) is 13.8 Å². The second-order valence-corrected chi connectivity index (χ2v) is 6.20. The highest BCUT2D eigenvalue weighted by atomic mass is 16.5. The molecule has 0 rings (SSSR count). The number of rotatable bonds is 14. The molecule has 126 valence electrons. The normalized spacial score (nSPS) is 12.6. The maximum Gasteiger partial charge on any atom is 0.308 e. The van der Waals surface area contributed by atoms with Gasteiger partial charge in [0, 0.05) is 0 Å². The monoisotopic (exact) mass is 300 g/mol. The molecular formula is C18H36O3. The molecule has 0 fully saturated rings. The molecule has 1 unspecified atom stereocenters. The fraction of sp³-hybridized carbons (Fsp3) is 0.944. The zero-order valence-corrected chi connectivity index (χ0v) is 14.7. The summed E-state index contributed by atoms with van der Waals surface area (Å²) in [7, 11) is 1.44. The first kappa shape index (κ1) is 20.4. The van der Waals surface area contributed by atoms with Crippen molar-refractivity contribution in [3.05, 3.63) is 0 Å². The third kappa shape index (κ3) is 14.1. The van der Waals surface area contributed by atoms with Crippen LogP contribution in [0.3, 0.4) is 0 Å². The molecule has 0 aromatic heterocycles. The van der Waals surface area contributed by atoms with Crippen molar-refractivity contribution in [2.45, 2.75) is 104 Å². The minimum atomic E-state index is -0.170. The molecule has 3 nitrogen and oxygen atoms in total. The molecule has 0 N–H and O–H groups in total. The van der Waals surface area contributed by atoms with Gasteiger partial charge in [-0.15, -0.1) is 0 Å². The van der Waals surface area contributed by atoms with Crippen molar-refractivity contribution >= 4 is 5.97 Å². The molecule has 0 saturated heterocycles. The summed E-state index contributed by atoms with van der Waals surface area (Å²) in [5.74, 6) is -0.170. The van der Waals surface area contributed by atoms with E-state index < -0.39 is 0 Å². The van der Waals surface area contributed by atoms with E-state index in [1.54, 1.807) is 0 Å². The molecule has 21 heavy (non-hydrogen) atoms. The molecule has 0 aromatic carbocycles. The fourth-order valence-corrected chi connectivity index (χ4v) is 2.56. The Kier molecular flexibility index (Phi) is 14.0. The Bertz CT molecular complexity index is 239. The van der Waals surface area contributed by atoms with Gasteiger partial charge in [0.05, 0.1) is 25.7 Å². The lowest BCUT2D eigenvalue weighted by Crippen LogP contribution is -2.22. The zero-order chi connectivity index (χ0) is 15.9. The van der Waals surface area contributed by atoms with Crippen LogP contribution in [0, 0.1) is 0 Å². The summed E-state index contributed by atoms with van der Waals surface area (Å²) in [6.07, 6.45) is 13.4. The highest BCUT2D eigenvalue weighted by Crippen LogP contribution is 2.15. The van der Waals surface area contributed by atoms with Gasteiger partial charge in [-0.1, -0.05) is 64.7 Å². The van der Waals surface area contributed by atoms with E-state index in [-0.39, 0.29) is 18.2 Å². The number of methoxy groups -OCH3 is 1. The quantitative estimate of drug-likeness (QED) is 0.324. The standard InChI is InChI=1S/C18H36O3/c1-5-6-7-8-9-10-11-12-13-14-17(21-16(2)3)15-18(19)20-4/h16-17H,5-15H2,1-4H3. The van der Waals surface area contributed by atoms with Gasteiger partial charge in [-0.3, -0.25) is 4.79 Å². The maximum atomic E-state index is 11.4. The molecule has 0 aliphatic heterocycles. The number of unbranched alkanes of at least 4 members (excludes halogenated alkanes) is 8. The van der Waals surface area contributed by atoms with Gasteiger partial charge in [0.25, 0.3) is 0 Å². The van der Waals surface area contributed by atoms with E-state index >= 15 is 0 Å². The summed E-state index contributed by atoms with van der Waals surface area (Å²) in [4.78, 5) is 11.4. The van der Waals surface area contributed by atoms with Crippen molar-refractivity contribution in [2.75, 3.05) is 7.11 Å². The van der Waals surface area contributed by atoms with Crippen molar-refractivity contribution in [1.29, 1.82) is 0 Å². The highest BCUT2D eigenvalue weighted by molar-refractivity contribution is 5.69. The first-order valence-corrected chi connectivity index (χ1v) is 8.82. The van der Waals surface area contributed by atoms with Crippen LogP contribution >= 0.6 is 0 Å². The van der Waals surface area contributed by atoms with Crippen molar-refractivity contribution in [3.8, 4) is 0 Å². The summed E-state index contributed by atoms with van der Waals surface area (Å²) in [5.41, 5.74) is 0. The van der Waals surface area contributed by atoms with Crippen LogP contribution in [0.25, 0.3) is 0 Å². The number of esters is 1. The number of carbonyl (C=O) groups excluding carboxylic acids is 1. The van der Waals surface area contributed by atoms with Gasteiger partial charge >= 0.3 is 5.97 Å². The van der Waals surface area contributed by atoms with Gasteiger partial charge in [-0.25, -0.2) is 0 Å². The summed E-state index contributed by atoms with van der Waals surface area (Å²) in [6.45, 7) is 6.28. The molecule has 0 heterocycles. The van der Waals surface area contributed by atoms with Gasteiger partial charge in [0.1, 0.15) is 0 Å². The van der Waals surface area contributed by atoms with Crippen LogP contribution in [0.15, 0.2) is 0 Å². The Morgan fingerprint density at radius 1 is 0.905 bits per heavy atom. The predicted molar refractivity (Wildman–Crippen MR) is 88.5 cm³/mol. The fourth-order valence-electron chi connectivity index (χ4n) is 2.56. The summed E-state index contributed by atoms with van der Waals surface area (Å²) in [5, 5.41) is 0. The SMILES string of the molecule is CCCCCCCCCCCC(CC(=O)OC)OC(C)C. The van der Waals surface area contributed by atoms with Crippen LogP contribution in [-0.2, 0) is 14.3 Å². The van der Waals surface area contributed by atoms with E-state index in [0.717, 1.165) is 12.8 Å². The topological polar surface area (TPSA) is 35.5 Å². The smallest absolute Gasteiger partial charge is 0.308 e. The van der Waals surface area contributed by atoms with Gasteiger partial charge in [0.15, 0.2) is 0 Å². The Labute approximate surface area is 131 Å². The zero-order valence-electron chi connectivity index (χ0n) is 14.7. The largest absolute Gasteiger partial charge is 0.469 e. The lowest BCUT2D eigenvalue weighted by molar-refractivity contribution is -0.144. The second kappa shape index (κ2) is 14.4. The molecule has 0 aliphatic carbocycles. The van der Waals surface area contributed by atoms with Crippen LogP contribution in [0.2, 0.25) is 0 Å². The molecule has 0 saturated carbocycles. The lowest BCUT2D eigenvalue weighted by atomic mass is 10.0. The van der Waals surface area contributed by atoms with Crippen molar-refractivity contribution < 1.29 is 14.3 Å². The average Bonchev–Trinajstić information content (AvgIpc) is 2.44. The number of carbonyl (C=O) groups is 1. The summed E-state index contributed by atoms with van der Waals surface area (Å²) < 4.78 is 10.5. The molecule has 0 aliphatic rings. The van der Waals surface area contributed by atoms with Crippen LogP contribution in [0.5, 0.6) is 0 Å². The van der Waals surface area contributed by atoms with Gasteiger partial charge in [0.2, 0.25) is 0 Å². The Morgan fingerprint density at radius 2 is 1.43 bits per heavy atom. The molecule has 0 amide bonds. The van der Waals surface area contributed by atoms with Gasteiger partial charge in [-0.05, 0) is 20.3 Å². The summed E-state index contributed by atoms with van der Waals surface area (Å²) in [6, 6.07) is 0. The average molecular weight is 300 g/mol. The first-order valence-electron chi connectivity index (χ1n) is 8.82. The van der Waals surface area contributed by atoms with Gasteiger partial charge < -0.3 is 9.47 Å². The highest BCUT2D eigenvalue weighted by Gasteiger charge is 2.15. The Balaban J connectivity index is 3.61. The molecule has 0 spiro atoms. The van der Waals surface area contributed by atoms with E-state index in [9.17, 15) is 4.79 Å².